The van der Waals surface area contributed by atoms with Crippen molar-refractivity contribution in [3.8, 4) is 0 Å². The lowest BCUT2D eigenvalue weighted by Crippen LogP contribution is -2.11. The predicted octanol–water partition coefficient (Wildman–Crippen LogP) is 1.19. The molecular formula is C11H15N5O. The smallest absolute Gasteiger partial charge is 0.315 e. The molecular weight excluding hydrogens is 218 g/mol. The molecule has 90 valence electrons. The monoisotopic (exact) mass is 233 g/mol. The van der Waals surface area contributed by atoms with Gasteiger partial charge >= 0.3 is 6.01 Å². The topological polar surface area (TPSA) is 75.9 Å². The Morgan fingerprint density at radius 1 is 1.18 bits per heavy atom. The lowest BCUT2D eigenvalue weighted by Gasteiger charge is -2.00. The van der Waals surface area contributed by atoms with Gasteiger partial charge in [0.25, 0.3) is 0 Å². The maximum Gasteiger partial charge on any atom is 0.315 e. The number of pyridine rings is 1. The SMILES string of the molecule is CCNCc1nnc(NCc2ccncc2)o1. The van der Waals surface area contributed by atoms with Crippen LogP contribution in [0.5, 0.6) is 0 Å². The van der Waals surface area contributed by atoms with Crippen LogP contribution in [0.2, 0.25) is 0 Å². The molecule has 0 spiro atoms. The molecule has 0 radical (unpaired) electrons. The van der Waals surface area contributed by atoms with Gasteiger partial charge in [-0.15, -0.1) is 5.10 Å². The van der Waals surface area contributed by atoms with Crippen LogP contribution in [0.1, 0.15) is 18.4 Å². The van der Waals surface area contributed by atoms with Crippen molar-refractivity contribution in [1.29, 1.82) is 0 Å². The van der Waals surface area contributed by atoms with E-state index in [-0.39, 0.29) is 0 Å². The van der Waals surface area contributed by atoms with Crippen LogP contribution in [-0.2, 0) is 13.1 Å². The Kier molecular flexibility index (Phi) is 4.04. The van der Waals surface area contributed by atoms with Crippen molar-refractivity contribution in [3.05, 3.63) is 36.0 Å². The summed E-state index contributed by atoms with van der Waals surface area (Å²) in [5.74, 6) is 0.587. The first-order valence-corrected chi connectivity index (χ1v) is 5.54. The summed E-state index contributed by atoms with van der Waals surface area (Å²) < 4.78 is 5.40. The summed E-state index contributed by atoms with van der Waals surface area (Å²) in [6, 6.07) is 4.31. The van der Waals surface area contributed by atoms with E-state index in [1.807, 2.05) is 19.1 Å². The van der Waals surface area contributed by atoms with Crippen molar-refractivity contribution >= 4 is 6.01 Å². The van der Waals surface area contributed by atoms with Gasteiger partial charge in [0.15, 0.2) is 0 Å². The van der Waals surface area contributed by atoms with Crippen LogP contribution in [-0.4, -0.2) is 21.7 Å². The molecule has 0 saturated heterocycles. The second kappa shape index (κ2) is 5.95. The van der Waals surface area contributed by atoms with Crippen LogP contribution in [0.15, 0.2) is 28.9 Å². The molecule has 6 nitrogen and oxygen atoms in total. The number of rotatable bonds is 6. The van der Waals surface area contributed by atoms with Gasteiger partial charge in [-0.25, -0.2) is 0 Å². The highest BCUT2D eigenvalue weighted by atomic mass is 16.4. The minimum Gasteiger partial charge on any atom is -0.407 e. The van der Waals surface area contributed by atoms with E-state index in [0.29, 0.717) is 25.0 Å². The fourth-order valence-electron chi connectivity index (χ4n) is 1.31. The van der Waals surface area contributed by atoms with Crippen molar-refractivity contribution in [2.45, 2.75) is 20.0 Å². The van der Waals surface area contributed by atoms with Gasteiger partial charge in [-0.3, -0.25) is 4.98 Å². The molecule has 2 heterocycles. The van der Waals surface area contributed by atoms with E-state index in [9.17, 15) is 0 Å². The molecule has 0 saturated carbocycles. The van der Waals surface area contributed by atoms with Crippen LogP contribution < -0.4 is 10.6 Å². The molecule has 0 aliphatic rings. The third kappa shape index (κ3) is 3.53. The normalized spacial score (nSPS) is 10.4. The Morgan fingerprint density at radius 3 is 2.76 bits per heavy atom. The van der Waals surface area contributed by atoms with E-state index < -0.39 is 0 Å². The minimum atomic E-state index is 0.440. The minimum absolute atomic E-state index is 0.440. The number of nitrogens with one attached hydrogen (secondary N) is 2. The van der Waals surface area contributed by atoms with Gasteiger partial charge in [-0.2, -0.15) is 0 Å². The average molecular weight is 233 g/mol. The zero-order valence-corrected chi connectivity index (χ0v) is 9.68. The lowest BCUT2D eigenvalue weighted by atomic mass is 10.3. The fraction of sp³-hybridized carbons (Fsp3) is 0.364. The van der Waals surface area contributed by atoms with Crippen molar-refractivity contribution < 1.29 is 4.42 Å². The van der Waals surface area contributed by atoms with E-state index in [4.69, 9.17) is 4.42 Å². The molecule has 0 amide bonds. The Bertz CT molecular complexity index is 442. The van der Waals surface area contributed by atoms with Crippen molar-refractivity contribution in [2.24, 2.45) is 0 Å². The van der Waals surface area contributed by atoms with Gasteiger partial charge in [-0.1, -0.05) is 12.0 Å². The first-order chi connectivity index (χ1) is 8.38. The summed E-state index contributed by atoms with van der Waals surface area (Å²) in [6.07, 6.45) is 3.50. The number of hydrogen-bond donors (Lipinski definition) is 2. The predicted molar refractivity (Wildman–Crippen MR) is 63.2 cm³/mol. The van der Waals surface area contributed by atoms with Crippen LogP contribution in [0.4, 0.5) is 6.01 Å². The molecule has 0 aliphatic heterocycles. The highest BCUT2D eigenvalue weighted by molar-refractivity contribution is 5.21. The van der Waals surface area contributed by atoms with Gasteiger partial charge in [0.2, 0.25) is 5.89 Å². The van der Waals surface area contributed by atoms with Gasteiger partial charge in [-0.05, 0) is 24.2 Å². The highest BCUT2D eigenvalue weighted by Gasteiger charge is 2.04. The lowest BCUT2D eigenvalue weighted by molar-refractivity contribution is 0.481. The van der Waals surface area contributed by atoms with Gasteiger partial charge in [0.05, 0.1) is 6.54 Å². The van der Waals surface area contributed by atoms with Crippen LogP contribution in [0, 0.1) is 0 Å². The molecule has 0 fully saturated rings. The summed E-state index contributed by atoms with van der Waals surface area (Å²) >= 11 is 0. The second-order valence-electron chi connectivity index (χ2n) is 3.49. The molecule has 0 atom stereocenters. The van der Waals surface area contributed by atoms with Gasteiger partial charge < -0.3 is 15.1 Å². The van der Waals surface area contributed by atoms with E-state index >= 15 is 0 Å². The maximum atomic E-state index is 5.40. The van der Waals surface area contributed by atoms with Gasteiger partial charge in [0.1, 0.15) is 0 Å². The van der Waals surface area contributed by atoms with E-state index in [0.717, 1.165) is 12.1 Å². The van der Waals surface area contributed by atoms with Crippen molar-refractivity contribution in [3.63, 3.8) is 0 Å². The molecule has 17 heavy (non-hydrogen) atoms. The largest absolute Gasteiger partial charge is 0.407 e. The highest BCUT2D eigenvalue weighted by Crippen LogP contribution is 2.07. The molecule has 0 bridgehead atoms. The maximum absolute atomic E-state index is 5.40. The van der Waals surface area contributed by atoms with Crippen molar-refractivity contribution in [2.75, 3.05) is 11.9 Å². The summed E-state index contributed by atoms with van der Waals surface area (Å²) in [5, 5.41) is 14.0. The Morgan fingerprint density at radius 2 is 2.00 bits per heavy atom. The van der Waals surface area contributed by atoms with Crippen LogP contribution in [0.3, 0.4) is 0 Å². The number of hydrogen-bond acceptors (Lipinski definition) is 6. The molecule has 0 aliphatic carbocycles. The molecule has 2 aromatic rings. The number of nitrogens with zero attached hydrogens (tertiary/aromatic N) is 3. The molecule has 6 heteroatoms. The quantitative estimate of drug-likeness (QED) is 0.780. The third-order valence-electron chi connectivity index (χ3n) is 2.19. The first-order valence-electron chi connectivity index (χ1n) is 5.54. The zero-order chi connectivity index (χ0) is 11.9. The fourth-order valence-corrected chi connectivity index (χ4v) is 1.31. The molecule has 2 rings (SSSR count). The molecule has 2 N–H and O–H groups in total. The third-order valence-corrected chi connectivity index (χ3v) is 2.19. The second-order valence-corrected chi connectivity index (χ2v) is 3.49. The van der Waals surface area contributed by atoms with Crippen LogP contribution >= 0.6 is 0 Å². The molecule has 0 aromatic carbocycles. The van der Waals surface area contributed by atoms with E-state index in [1.165, 1.54) is 0 Å². The van der Waals surface area contributed by atoms with Crippen LogP contribution in [0.25, 0.3) is 0 Å². The Hall–Kier alpha value is -1.95. The summed E-state index contributed by atoms with van der Waals surface area (Å²) in [5.41, 5.74) is 1.12. The average Bonchev–Trinajstić information content (AvgIpc) is 2.83. The summed E-state index contributed by atoms with van der Waals surface area (Å²) in [7, 11) is 0. The first kappa shape index (κ1) is 11.5. The molecule has 2 aromatic heterocycles. The van der Waals surface area contributed by atoms with Crippen molar-refractivity contribution in [1.82, 2.24) is 20.5 Å². The number of aromatic nitrogens is 3. The standard InChI is InChI=1S/C11H15N5O/c1-2-12-8-10-15-16-11(17-10)14-7-9-3-5-13-6-4-9/h3-6,12H,2,7-8H2,1H3,(H,14,16). The summed E-state index contributed by atoms with van der Waals surface area (Å²) in [4.78, 5) is 3.95. The molecule has 0 unspecified atom stereocenters. The van der Waals surface area contributed by atoms with E-state index in [1.54, 1.807) is 12.4 Å². The van der Waals surface area contributed by atoms with Gasteiger partial charge in [0, 0.05) is 18.9 Å². The zero-order valence-electron chi connectivity index (χ0n) is 9.68. The summed E-state index contributed by atoms with van der Waals surface area (Å²) in [6.45, 7) is 4.15. The Balaban J connectivity index is 1.85. The Labute approximate surface area is 99.5 Å². The number of anilines is 1. The van der Waals surface area contributed by atoms with E-state index in [2.05, 4.69) is 25.8 Å².